The van der Waals surface area contributed by atoms with Crippen LogP contribution < -0.4 is 0 Å². The largest absolute Gasteiger partial charge is 0.368 e. The molecule has 2 N–H and O–H groups in total. The molecule has 11 heavy (non-hydrogen) atoms. The molecule has 0 radical (unpaired) electrons. The van der Waals surface area contributed by atoms with Crippen molar-refractivity contribution in [3.05, 3.63) is 0 Å². The van der Waals surface area contributed by atoms with Crippen molar-refractivity contribution in [3.63, 3.8) is 0 Å². The quantitative estimate of drug-likeness (QED) is 0.603. The second-order valence-corrected chi connectivity index (χ2v) is 3.93. The molecule has 0 rings (SSSR count). The molecule has 0 saturated heterocycles. The number of hydrogen-bond acceptors (Lipinski definition) is 2. The minimum Gasteiger partial charge on any atom is -0.368 e. The second-order valence-electron chi connectivity index (χ2n) is 3.93. The number of rotatable bonds is 5. The normalized spacial score (nSPS) is 12.5. The highest BCUT2D eigenvalue weighted by Gasteiger charge is 2.17. The van der Waals surface area contributed by atoms with Crippen LogP contribution in [0.2, 0.25) is 0 Å². The van der Waals surface area contributed by atoms with Crippen molar-refractivity contribution in [1.29, 1.82) is 0 Å². The first-order chi connectivity index (χ1) is 4.98. The second kappa shape index (κ2) is 4.73. The third kappa shape index (κ3) is 6.32. The summed E-state index contributed by atoms with van der Waals surface area (Å²) in [6.45, 7) is 6.48. The van der Waals surface area contributed by atoms with Gasteiger partial charge < -0.3 is 10.2 Å². The fourth-order valence-corrected chi connectivity index (χ4v) is 1.32. The van der Waals surface area contributed by atoms with E-state index in [0.29, 0.717) is 6.42 Å². The molecule has 2 nitrogen and oxygen atoms in total. The average Bonchev–Trinajstić information content (AvgIpc) is 1.84. The van der Waals surface area contributed by atoms with E-state index in [1.165, 1.54) is 0 Å². The summed E-state index contributed by atoms with van der Waals surface area (Å²) in [7, 11) is 0. The van der Waals surface area contributed by atoms with Gasteiger partial charge in [-0.25, -0.2) is 0 Å². The smallest absolute Gasteiger partial charge is 0.151 e. The Morgan fingerprint density at radius 2 is 1.73 bits per heavy atom. The SMILES string of the molecule is CCCC(C)(C)CCC(O)O. The van der Waals surface area contributed by atoms with Crippen molar-refractivity contribution in [3.8, 4) is 0 Å². The van der Waals surface area contributed by atoms with E-state index in [-0.39, 0.29) is 5.41 Å². The Morgan fingerprint density at radius 1 is 1.18 bits per heavy atom. The van der Waals surface area contributed by atoms with Gasteiger partial charge in [0.15, 0.2) is 6.29 Å². The third-order valence-electron chi connectivity index (χ3n) is 2.01. The minimum atomic E-state index is -1.13. The third-order valence-corrected chi connectivity index (χ3v) is 2.01. The first kappa shape index (κ1) is 10.9. The van der Waals surface area contributed by atoms with Crippen LogP contribution in [0.1, 0.15) is 46.5 Å². The van der Waals surface area contributed by atoms with Crippen molar-refractivity contribution < 1.29 is 10.2 Å². The van der Waals surface area contributed by atoms with Crippen LogP contribution in [0.3, 0.4) is 0 Å². The highest BCUT2D eigenvalue weighted by Crippen LogP contribution is 2.28. The number of aliphatic hydroxyl groups excluding tert-OH is 1. The minimum absolute atomic E-state index is 0.262. The van der Waals surface area contributed by atoms with Crippen molar-refractivity contribution >= 4 is 0 Å². The van der Waals surface area contributed by atoms with E-state index in [0.717, 1.165) is 19.3 Å². The molecule has 0 aromatic carbocycles. The molecular weight excluding hydrogens is 140 g/mol. The van der Waals surface area contributed by atoms with Crippen LogP contribution in [0.4, 0.5) is 0 Å². The number of hydrogen-bond donors (Lipinski definition) is 2. The van der Waals surface area contributed by atoms with Gasteiger partial charge in [0, 0.05) is 0 Å². The zero-order valence-electron chi connectivity index (χ0n) is 7.80. The van der Waals surface area contributed by atoms with Gasteiger partial charge >= 0.3 is 0 Å². The molecule has 0 aliphatic rings. The van der Waals surface area contributed by atoms with Gasteiger partial charge in [0.1, 0.15) is 0 Å². The van der Waals surface area contributed by atoms with E-state index in [1.54, 1.807) is 0 Å². The van der Waals surface area contributed by atoms with Gasteiger partial charge in [-0.15, -0.1) is 0 Å². The van der Waals surface area contributed by atoms with Gasteiger partial charge in [-0.2, -0.15) is 0 Å². The Kier molecular flexibility index (Phi) is 4.69. The molecule has 0 spiro atoms. The maximum atomic E-state index is 8.64. The lowest BCUT2D eigenvalue weighted by Crippen LogP contribution is -2.15. The maximum Gasteiger partial charge on any atom is 0.151 e. The summed E-state index contributed by atoms with van der Waals surface area (Å²) < 4.78 is 0. The summed E-state index contributed by atoms with van der Waals surface area (Å²) in [6, 6.07) is 0. The van der Waals surface area contributed by atoms with Gasteiger partial charge in [0.25, 0.3) is 0 Å². The average molecular weight is 160 g/mol. The van der Waals surface area contributed by atoms with Crippen LogP contribution in [-0.2, 0) is 0 Å². The summed E-state index contributed by atoms with van der Waals surface area (Å²) in [5.74, 6) is 0. The Labute approximate surface area is 69.2 Å². The van der Waals surface area contributed by atoms with E-state index in [9.17, 15) is 0 Å². The zero-order chi connectivity index (χ0) is 8.91. The molecule has 0 bridgehead atoms. The molecular formula is C9H20O2. The van der Waals surface area contributed by atoms with Gasteiger partial charge in [-0.05, 0) is 24.7 Å². The highest BCUT2D eigenvalue weighted by molar-refractivity contribution is 4.67. The lowest BCUT2D eigenvalue weighted by molar-refractivity contribution is -0.0524. The molecule has 0 amide bonds. The van der Waals surface area contributed by atoms with Crippen molar-refractivity contribution in [2.45, 2.75) is 52.7 Å². The zero-order valence-corrected chi connectivity index (χ0v) is 7.80. The molecule has 0 heterocycles. The molecule has 0 aliphatic heterocycles. The first-order valence-corrected chi connectivity index (χ1v) is 4.34. The van der Waals surface area contributed by atoms with Gasteiger partial charge in [0.05, 0.1) is 0 Å². The van der Waals surface area contributed by atoms with Crippen molar-refractivity contribution in [2.75, 3.05) is 0 Å². The standard InChI is InChI=1S/C9H20O2/c1-4-6-9(2,3)7-5-8(10)11/h8,10-11H,4-7H2,1-3H3. The fourth-order valence-electron chi connectivity index (χ4n) is 1.32. The summed E-state index contributed by atoms with van der Waals surface area (Å²) in [6.07, 6.45) is 2.56. The molecule has 0 fully saturated rings. The molecule has 0 aromatic heterocycles. The molecule has 0 aromatic rings. The van der Waals surface area contributed by atoms with Gasteiger partial charge in [-0.1, -0.05) is 27.2 Å². The Bertz CT molecular complexity index is 97.7. The predicted octanol–water partition coefficient (Wildman–Crippen LogP) is 1.90. The van der Waals surface area contributed by atoms with Crippen LogP contribution in [-0.4, -0.2) is 16.5 Å². The molecule has 2 heteroatoms. The summed E-state index contributed by atoms with van der Waals surface area (Å²) in [5, 5.41) is 17.3. The van der Waals surface area contributed by atoms with Crippen molar-refractivity contribution in [1.82, 2.24) is 0 Å². The van der Waals surface area contributed by atoms with E-state index < -0.39 is 6.29 Å². The van der Waals surface area contributed by atoms with Crippen LogP contribution >= 0.6 is 0 Å². The lowest BCUT2D eigenvalue weighted by Gasteiger charge is -2.24. The van der Waals surface area contributed by atoms with Crippen LogP contribution in [0.15, 0.2) is 0 Å². The predicted molar refractivity (Wildman–Crippen MR) is 46.1 cm³/mol. The Balaban J connectivity index is 3.54. The fraction of sp³-hybridized carbons (Fsp3) is 1.00. The topological polar surface area (TPSA) is 40.5 Å². The van der Waals surface area contributed by atoms with Gasteiger partial charge in [-0.3, -0.25) is 0 Å². The van der Waals surface area contributed by atoms with E-state index >= 15 is 0 Å². The summed E-state index contributed by atoms with van der Waals surface area (Å²) in [5.41, 5.74) is 0.262. The lowest BCUT2D eigenvalue weighted by atomic mass is 9.83. The molecule has 0 unspecified atom stereocenters. The van der Waals surface area contributed by atoms with E-state index in [4.69, 9.17) is 10.2 Å². The molecule has 0 saturated carbocycles. The van der Waals surface area contributed by atoms with Crippen LogP contribution in [0.25, 0.3) is 0 Å². The summed E-state index contributed by atoms with van der Waals surface area (Å²) >= 11 is 0. The first-order valence-electron chi connectivity index (χ1n) is 4.34. The monoisotopic (exact) mass is 160 g/mol. The highest BCUT2D eigenvalue weighted by atomic mass is 16.5. The Morgan fingerprint density at radius 3 is 2.09 bits per heavy atom. The maximum absolute atomic E-state index is 8.64. The van der Waals surface area contributed by atoms with Crippen molar-refractivity contribution in [2.24, 2.45) is 5.41 Å². The van der Waals surface area contributed by atoms with Crippen LogP contribution in [0.5, 0.6) is 0 Å². The molecule has 0 atom stereocenters. The number of aliphatic hydroxyl groups is 2. The molecule has 68 valence electrons. The molecule has 0 aliphatic carbocycles. The van der Waals surface area contributed by atoms with E-state index in [2.05, 4.69) is 20.8 Å². The van der Waals surface area contributed by atoms with Gasteiger partial charge in [0.2, 0.25) is 0 Å². The summed E-state index contributed by atoms with van der Waals surface area (Å²) in [4.78, 5) is 0. The van der Waals surface area contributed by atoms with Crippen LogP contribution in [0, 0.1) is 5.41 Å². The van der Waals surface area contributed by atoms with E-state index in [1.807, 2.05) is 0 Å². The Hall–Kier alpha value is -0.0800.